The Morgan fingerprint density at radius 3 is 2.40 bits per heavy atom. The summed E-state index contributed by atoms with van der Waals surface area (Å²) in [5.41, 5.74) is 5.13. The molecule has 0 saturated carbocycles. The first-order valence-electron chi connectivity index (χ1n) is 7.35. The molecule has 0 radical (unpaired) electrons. The Balaban J connectivity index is 2.05. The summed E-state index contributed by atoms with van der Waals surface area (Å²) < 4.78 is 2.19. The number of rotatable bonds is 2. The summed E-state index contributed by atoms with van der Waals surface area (Å²) in [4.78, 5) is 0. The van der Waals surface area contributed by atoms with E-state index < -0.39 is 0 Å². The molecule has 1 fully saturated rings. The van der Waals surface area contributed by atoms with Gasteiger partial charge < -0.3 is 5.32 Å². The lowest BCUT2D eigenvalue weighted by atomic mass is 9.96. The minimum Gasteiger partial charge on any atom is -0.317 e. The van der Waals surface area contributed by atoms with Crippen LogP contribution in [-0.2, 0) is 0 Å². The van der Waals surface area contributed by atoms with Crippen LogP contribution in [0.15, 0.2) is 18.5 Å². The lowest BCUT2D eigenvalue weighted by Gasteiger charge is -2.23. The van der Waals surface area contributed by atoms with Gasteiger partial charge in [0.15, 0.2) is 0 Å². The van der Waals surface area contributed by atoms with E-state index in [1.807, 2.05) is 6.33 Å². The highest BCUT2D eigenvalue weighted by atomic mass is 15.3. The number of piperidine rings is 1. The average molecular weight is 270 g/mol. The van der Waals surface area contributed by atoms with E-state index >= 15 is 0 Å². The van der Waals surface area contributed by atoms with E-state index in [2.05, 4.69) is 53.0 Å². The van der Waals surface area contributed by atoms with E-state index in [0.717, 1.165) is 31.8 Å². The molecule has 0 atom stereocenters. The van der Waals surface area contributed by atoms with Crippen LogP contribution in [-0.4, -0.2) is 27.9 Å². The van der Waals surface area contributed by atoms with Crippen LogP contribution in [0.1, 0.15) is 41.3 Å². The predicted molar refractivity (Wildman–Crippen MR) is 80.4 cm³/mol. The van der Waals surface area contributed by atoms with Crippen molar-refractivity contribution in [1.29, 1.82) is 0 Å². The van der Waals surface area contributed by atoms with Crippen LogP contribution in [0.5, 0.6) is 0 Å². The van der Waals surface area contributed by atoms with E-state index in [0.29, 0.717) is 5.92 Å². The van der Waals surface area contributed by atoms with Gasteiger partial charge in [0.1, 0.15) is 12.2 Å². The second-order valence-electron chi connectivity index (χ2n) is 5.83. The Morgan fingerprint density at radius 2 is 1.75 bits per heavy atom. The van der Waals surface area contributed by atoms with E-state index in [1.54, 1.807) is 0 Å². The number of benzene rings is 1. The maximum absolute atomic E-state index is 4.41. The fourth-order valence-corrected chi connectivity index (χ4v) is 3.33. The van der Waals surface area contributed by atoms with Crippen LogP contribution in [0.3, 0.4) is 0 Å². The number of nitrogens with zero attached hydrogens (tertiary/aromatic N) is 3. The molecule has 2 aromatic rings. The van der Waals surface area contributed by atoms with Crippen molar-refractivity contribution in [2.45, 2.75) is 39.5 Å². The van der Waals surface area contributed by atoms with E-state index in [4.69, 9.17) is 0 Å². The second kappa shape index (κ2) is 5.37. The van der Waals surface area contributed by atoms with Crippen molar-refractivity contribution >= 4 is 0 Å². The van der Waals surface area contributed by atoms with Crippen molar-refractivity contribution in [2.24, 2.45) is 0 Å². The Hall–Kier alpha value is -1.68. The molecule has 1 aromatic carbocycles. The molecule has 1 aliphatic rings. The van der Waals surface area contributed by atoms with Crippen LogP contribution in [0.2, 0.25) is 0 Å². The fourth-order valence-electron chi connectivity index (χ4n) is 3.33. The first-order chi connectivity index (χ1) is 9.66. The lowest BCUT2D eigenvalue weighted by molar-refractivity contribution is 0.440. The molecule has 1 N–H and O–H groups in total. The molecule has 4 nitrogen and oxygen atoms in total. The molecule has 4 heteroatoms. The van der Waals surface area contributed by atoms with Crippen molar-refractivity contribution in [3.8, 4) is 5.69 Å². The van der Waals surface area contributed by atoms with Gasteiger partial charge in [-0.15, -0.1) is 10.2 Å². The Labute approximate surface area is 120 Å². The molecule has 0 amide bonds. The molecule has 0 spiro atoms. The summed E-state index contributed by atoms with van der Waals surface area (Å²) in [6.45, 7) is 8.62. The Kier molecular flexibility index (Phi) is 3.57. The van der Waals surface area contributed by atoms with Crippen LogP contribution in [0.25, 0.3) is 5.69 Å². The van der Waals surface area contributed by atoms with Gasteiger partial charge in [-0.3, -0.25) is 4.57 Å². The highest BCUT2D eigenvalue weighted by Gasteiger charge is 2.22. The van der Waals surface area contributed by atoms with E-state index in [9.17, 15) is 0 Å². The largest absolute Gasteiger partial charge is 0.317 e. The van der Waals surface area contributed by atoms with Crippen LogP contribution in [0.4, 0.5) is 0 Å². The molecule has 2 heterocycles. The van der Waals surface area contributed by atoms with Gasteiger partial charge in [-0.2, -0.15) is 0 Å². The van der Waals surface area contributed by atoms with Crippen molar-refractivity contribution in [1.82, 2.24) is 20.1 Å². The molecular formula is C16H22N4. The number of hydrogen-bond acceptors (Lipinski definition) is 3. The Morgan fingerprint density at radius 1 is 1.10 bits per heavy atom. The van der Waals surface area contributed by atoms with Crippen molar-refractivity contribution in [3.63, 3.8) is 0 Å². The van der Waals surface area contributed by atoms with E-state index in [-0.39, 0.29) is 0 Å². The molecule has 1 saturated heterocycles. The summed E-state index contributed by atoms with van der Waals surface area (Å²) in [6, 6.07) is 4.46. The molecular weight excluding hydrogens is 248 g/mol. The SMILES string of the molecule is Cc1cc(C)c(-n2cnnc2C2CCNCC2)c(C)c1. The van der Waals surface area contributed by atoms with Crippen molar-refractivity contribution in [2.75, 3.05) is 13.1 Å². The van der Waals surface area contributed by atoms with Crippen LogP contribution < -0.4 is 5.32 Å². The molecule has 1 aromatic heterocycles. The van der Waals surface area contributed by atoms with E-state index in [1.165, 1.54) is 22.4 Å². The maximum atomic E-state index is 4.41. The summed E-state index contributed by atoms with van der Waals surface area (Å²) >= 11 is 0. The normalized spacial score (nSPS) is 16.6. The third kappa shape index (κ3) is 2.36. The van der Waals surface area contributed by atoms with Gasteiger partial charge in [0.2, 0.25) is 0 Å². The van der Waals surface area contributed by atoms with Crippen molar-refractivity contribution < 1.29 is 0 Å². The smallest absolute Gasteiger partial charge is 0.140 e. The summed E-state index contributed by atoms with van der Waals surface area (Å²) in [6.07, 6.45) is 4.15. The van der Waals surface area contributed by atoms with Crippen LogP contribution >= 0.6 is 0 Å². The minimum atomic E-state index is 0.513. The number of nitrogens with one attached hydrogen (secondary N) is 1. The molecule has 0 bridgehead atoms. The lowest BCUT2D eigenvalue weighted by Crippen LogP contribution is -2.28. The first-order valence-corrected chi connectivity index (χ1v) is 7.35. The van der Waals surface area contributed by atoms with Gasteiger partial charge in [-0.25, -0.2) is 0 Å². The van der Waals surface area contributed by atoms with Gasteiger partial charge in [-0.1, -0.05) is 17.7 Å². The number of aromatic nitrogens is 3. The average Bonchev–Trinajstić information content (AvgIpc) is 2.87. The summed E-state index contributed by atoms with van der Waals surface area (Å²) in [7, 11) is 0. The first kappa shape index (κ1) is 13.3. The van der Waals surface area contributed by atoms with Crippen molar-refractivity contribution in [3.05, 3.63) is 41.0 Å². The molecule has 20 heavy (non-hydrogen) atoms. The van der Waals surface area contributed by atoms with Gasteiger partial charge >= 0.3 is 0 Å². The maximum Gasteiger partial charge on any atom is 0.140 e. The molecule has 0 aliphatic carbocycles. The quantitative estimate of drug-likeness (QED) is 0.912. The fraction of sp³-hybridized carbons (Fsp3) is 0.500. The monoisotopic (exact) mass is 270 g/mol. The topological polar surface area (TPSA) is 42.7 Å². The highest BCUT2D eigenvalue weighted by molar-refractivity contribution is 5.49. The standard InChI is InChI=1S/C16H22N4/c1-11-8-12(2)15(13(3)9-11)20-10-18-19-16(20)14-4-6-17-7-5-14/h8-10,14,17H,4-7H2,1-3H3. The zero-order chi connectivity index (χ0) is 14.1. The zero-order valence-corrected chi connectivity index (χ0v) is 12.5. The second-order valence-corrected chi connectivity index (χ2v) is 5.83. The highest BCUT2D eigenvalue weighted by Crippen LogP contribution is 2.28. The third-order valence-electron chi connectivity index (χ3n) is 4.15. The molecule has 3 rings (SSSR count). The molecule has 1 aliphatic heterocycles. The van der Waals surface area contributed by atoms with Gasteiger partial charge in [-0.05, 0) is 57.8 Å². The zero-order valence-electron chi connectivity index (χ0n) is 12.5. The molecule has 0 unspecified atom stereocenters. The number of hydrogen-bond donors (Lipinski definition) is 1. The minimum absolute atomic E-state index is 0.513. The van der Waals surface area contributed by atoms with Crippen LogP contribution in [0, 0.1) is 20.8 Å². The predicted octanol–water partition coefficient (Wildman–Crippen LogP) is 2.66. The molecule has 106 valence electrons. The van der Waals surface area contributed by atoms with Gasteiger partial charge in [0.25, 0.3) is 0 Å². The number of aryl methyl sites for hydroxylation is 3. The summed E-state index contributed by atoms with van der Waals surface area (Å²) in [5, 5.41) is 12.0. The van der Waals surface area contributed by atoms with Gasteiger partial charge in [0, 0.05) is 5.92 Å². The summed E-state index contributed by atoms with van der Waals surface area (Å²) in [5.74, 6) is 1.63. The van der Waals surface area contributed by atoms with Gasteiger partial charge in [0.05, 0.1) is 5.69 Å². The third-order valence-corrected chi connectivity index (χ3v) is 4.15. The Bertz CT molecular complexity index is 586.